The van der Waals surface area contributed by atoms with Crippen LogP contribution < -0.4 is 5.73 Å². The molecule has 0 unspecified atom stereocenters. The Bertz CT molecular complexity index is 3470. The first kappa shape index (κ1) is 30.1. The first-order valence-electron chi connectivity index (χ1n) is 18.6. The zero-order chi connectivity index (χ0) is 36.2. The van der Waals surface area contributed by atoms with Gasteiger partial charge in [-0.2, -0.15) is 0 Å². The van der Waals surface area contributed by atoms with Crippen LogP contribution in [-0.4, -0.2) is 10.3 Å². The number of nitrogens with two attached hydrogens (primary N) is 1. The normalized spacial score (nSPS) is 13.1. The molecule has 0 amide bonds. The summed E-state index contributed by atoms with van der Waals surface area (Å²) in [5.41, 5.74) is 20.8. The third-order valence-electron chi connectivity index (χ3n) is 11.5. The highest BCUT2D eigenvalue weighted by atomic mass is 16.3. The van der Waals surface area contributed by atoms with Crippen molar-refractivity contribution in [2.75, 3.05) is 0 Å². The molecule has 5 nitrogen and oxygen atoms in total. The Labute approximate surface area is 314 Å². The second kappa shape index (κ2) is 11.3. The molecule has 0 saturated heterocycles. The number of benzene rings is 8. The van der Waals surface area contributed by atoms with Gasteiger partial charge in [0, 0.05) is 49.6 Å². The molecule has 8 aromatic carbocycles. The smallest absolute Gasteiger partial charge is 0.139 e. The molecule has 0 saturated carbocycles. The van der Waals surface area contributed by atoms with E-state index in [1.54, 1.807) is 0 Å². The average Bonchev–Trinajstić information content (AvgIpc) is 3.87. The Morgan fingerprint density at radius 3 is 1.98 bits per heavy atom. The zero-order valence-electron chi connectivity index (χ0n) is 29.6. The Kier molecular flexibility index (Phi) is 6.20. The summed E-state index contributed by atoms with van der Waals surface area (Å²) in [5.74, 6) is 0. The molecule has 12 rings (SSSR count). The molecule has 1 aliphatic carbocycles. The number of hydrogen-bond donors (Lipinski definition) is 1. The molecule has 1 aliphatic rings. The predicted octanol–water partition coefficient (Wildman–Crippen LogP) is 12.8. The maximum absolute atomic E-state index is 6.85. The van der Waals surface area contributed by atoms with Gasteiger partial charge in [-0.25, -0.2) is 0 Å². The van der Waals surface area contributed by atoms with E-state index in [0.29, 0.717) is 12.4 Å². The predicted molar refractivity (Wildman–Crippen MR) is 228 cm³/mol. The number of rotatable bonds is 5. The number of furan rings is 2. The summed E-state index contributed by atoms with van der Waals surface area (Å²) < 4.78 is 14.9. The van der Waals surface area contributed by atoms with Gasteiger partial charge in [0.2, 0.25) is 0 Å². The third-order valence-corrected chi connectivity index (χ3v) is 11.5. The Hall–Kier alpha value is -7.37. The van der Waals surface area contributed by atoms with Gasteiger partial charge in [0.15, 0.2) is 0 Å². The van der Waals surface area contributed by atoms with Crippen LogP contribution in [0.2, 0.25) is 0 Å². The highest BCUT2D eigenvalue weighted by Crippen LogP contribution is 2.49. The van der Waals surface area contributed by atoms with E-state index in [2.05, 4.69) is 102 Å². The summed E-state index contributed by atoms with van der Waals surface area (Å²) >= 11 is 0. The number of aliphatic imine (C=N–C) groups is 1. The van der Waals surface area contributed by atoms with Gasteiger partial charge < -0.3 is 19.1 Å². The Morgan fingerprint density at radius 2 is 1.15 bits per heavy atom. The van der Waals surface area contributed by atoms with Gasteiger partial charge in [0.05, 0.1) is 16.7 Å². The lowest BCUT2D eigenvalue weighted by atomic mass is 9.93. The van der Waals surface area contributed by atoms with Gasteiger partial charge in [-0.05, 0) is 87.1 Å². The van der Waals surface area contributed by atoms with Crippen LogP contribution in [0.15, 0.2) is 178 Å². The molecule has 0 radical (unpaired) electrons. The molecule has 0 spiro atoms. The monoisotopic (exact) mass is 705 g/mol. The van der Waals surface area contributed by atoms with Crippen molar-refractivity contribution in [2.24, 2.45) is 10.7 Å². The maximum Gasteiger partial charge on any atom is 0.139 e. The van der Waals surface area contributed by atoms with Crippen LogP contribution >= 0.6 is 0 Å². The summed E-state index contributed by atoms with van der Waals surface area (Å²) in [7, 11) is 0. The second-order valence-corrected chi connectivity index (χ2v) is 14.4. The van der Waals surface area contributed by atoms with Crippen molar-refractivity contribution >= 4 is 87.9 Å². The summed E-state index contributed by atoms with van der Waals surface area (Å²) in [6.45, 7) is 0.401. The second-order valence-electron chi connectivity index (χ2n) is 14.4. The van der Waals surface area contributed by atoms with Gasteiger partial charge in [0.1, 0.15) is 29.0 Å². The average molecular weight is 706 g/mol. The Balaban J connectivity index is 1.08. The molecule has 258 valence electrons. The van der Waals surface area contributed by atoms with Crippen molar-refractivity contribution in [3.8, 4) is 22.3 Å². The molecule has 3 aromatic heterocycles. The lowest BCUT2D eigenvalue weighted by molar-refractivity contribution is 0.656. The molecule has 11 aromatic rings. The van der Waals surface area contributed by atoms with E-state index in [1.807, 2.05) is 66.7 Å². The third kappa shape index (κ3) is 4.38. The van der Waals surface area contributed by atoms with E-state index in [4.69, 9.17) is 19.6 Å². The minimum absolute atomic E-state index is 0.401. The van der Waals surface area contributed by atoms with Gasteiger partial charge in [-0.3, -0.25) is 4.99 Å². The summed E-state index contributed by atoms with van der Waals surface area (Å²) in [6, 6.07) is 55.3. The van der Waals surface area contributed by atoms with Crippen LogP contribution in [0.25, 0.3) is 104 Å². The maximum atomic E-state index is 6.85. The summed E-state index contributed by atoms with van der Waals surface area (Å²) in [5, 5.41) is 9.26. The topological polar surface area (TPSA) is 69.6 Å². The van der Waals surface area contributed by atoms with Crippen molar-refractivity contribution in [3.05, 3.63) is 175 Å². The van der Waals surface area contributed by atoms with Crippen LogP contribution in [0.1, 0.15) is 11.1 Å². The number of hydrogen-bond acceptors (Lipinski definition) is 4. The van der Waals surface area contributed by atoms with Crippen LogP contribution in [0.4, 0.5) is 0 Å². The molecule has 3 heterocycles. The van der Waals surface area contributed by atoms with Crippen molar-refractivity contribution in [2.45, 2.75) is 6.67 Å². The number of para-hydroxylation sites is 1. The van der Waals surface area contributed by atoms with E-state index in [0.717, 1.165) is 71.7 Å². The fourth-order valence-electron chi connectivity index (χ4n) is 8.94. The quantitative estimate of drug-likeness (QED) is 0.181. The molecule has 5 heteroatoms. The minimum Gasteiger partial charge on any atom is -0.456 e. The Morgan fingerprint density at radius 1 is 0.491 bits per heavy atom. The molecule has 2 N–H and O–H groups in total. The van der Waals surface area contributed by atoms with E-state index in [-0.39, 0.29) is 0 Å². The zero-order valence-corrected chi connectivity index (χ0v) is 29.6. The molecular formula is C50H31N3O2. The first-order valence-corrected chi connectivity index (χ1v) is 18.6. The molecule has 55 heavy (non-hydrogen) atoms. The van der Waals surface area contributed by atoms with E-state index < -0.39 is 0 Å². The number of nitrogens with zero attached hydrogens (tertiary/aromatic N) is 2. The van der Waals surface area contributed by atoms with Gasteiger partial charge >= 0.3 is 0 Å². The van der Waals surface area contributed by atoms with Crippen molar-refractivity contribution in [3.63, 3.8) is 0 Å². The van der Waals surface area contributed by atoms with E-state index in [9.17, 15) is 0 Å². The van der Waals surface area contributed by atoms with Crippen LogP contribution in [0, 0.1) is 0 Å². The van der Waals surface area contributed by atoms with E-state index >= 15 is 0 Å². The molecule has 0 fully saturated rings. The fraction of sp³-hybridized carbons (Fsp3) is 0.0200. The van der Waals surface area contributed by atoms with Crippen LogP contribution in [0.5, 0.6) is 0 Å². The van der Waals surface area contributed by atoms with Crippen molar-refractivity contribution in [1.29, 1.82) is 0 Å². The van der Waals surface area contributed by atoms with Crippen molar-refractivity contribution in [1.82, 2.24) is 4.57 Å². The lowest BCUT2D eigenvalue weighted by Crippen LogP contribution is -2.06. The van der Waals surface area contributed by atoms with E-state index in [1.165, 1.54) is 43.8 Å². The van der Waals surface area contributed by atoms with Crippen LogP contribution in [0.3, 0.4) is 0 Å². The molecule has 0 atom stereocenters. The fourth-order valence-corrected chi connectivity index (χ4v) is 8.94. The van der Waals surface area contributed by atoms with Gasteiger partial charge in [0.25, 0.3) is 0 Å². The highest BCUT2D eigenvalue weighted by molar-refractivity contribution is 6.30. The van der Waals surface area contributed by atoms with Gasteiger partial charge in [-0.1, -0.05) is 109 Å². The lowest BCUT2D eigenvalue weighted by Gasteiger charge is -2.13. The number of allylic oxidation sites excluding steroid dienone is 1. The van der Waals surface area contributed by atoms with Gasteiger partial charge in [-0.15, -0.1) is 0 Å². The summed E-state index contributed by atoms with van der Waals surface area (Å²) in [4.78, 5) is 5.43. The molecule has 0 bridgehead atoms. The largest absolute Gasteiger partial charge is 0.456 e. The van der Waals surface area contributed by atoms with Crippen molar-refractivity contribution < 1.29 is 8.83 Å². The molecular weight excluding hydrogens is 675 g/mol. The minimum atomic E-state index is 0.401. The number of aromatic nitrogens is 1. The first-order chi connectivity index (χ1) is 27.2. The number of fused-ring (bicyclic) bond motifs is 9. The highest BCUT2D eigenvalue weighted by Gasteiger charge is 2.24. The standard InChI is InChI=1S/C50H31N3O2/c51-40(29-10-2-1-3-11-29)26-41(31-21-23-45-37(24-31)39-25-38-34-15-6-7-19-44(34)54-46(38)27-47(39)55-45)52-28-53-42-18-9-17-36-33-14-5-4-13-32(33)35-16-8-12-30-20-22-43(53)50(48(30)35)49(36)42/h1-27H,28,51H2/b40-26-,52-41?. The molecule has 0 aliphatic heterocycles. The summed E-state index contributed by atoms with van der Waals surface area (Å²) in [6.07, 6.45) is 2.01. The SMILES string of the molecule is N/C(=C\C(=NCn1c2cccc3c2c2c4c(cccc4ccc21)-c1ccccc1-3)c1ccc2oc3cc4oc5ccccc5c4cc3c2c1)c1ccccc1. The van der Waals surface area contributed by atoms with Crippen LogP contribution in [-0.2, 0) is 6.67 Å².